The topological polar surface area (TPSA) is 46.5 Å². The van der Waals surface area contributed by atoms with Gasteiger partial charge in [-0.3, -0.25) is 4.79 Å². The van der Waals surface area contributed by atoms with Gasteiger partial charge in [0, 0.05) is 13.0 Å². The quantitative estimate of drug-likeness (QED) is 0.239. The number of hydrogen-bond donors (Lipinski definition) is 1. The summed E-state index contributed by atoms with van der Waals surface area (Å²) >= 11 is 0. The van der Waals surface area contributed by atoms with Crippen LogP contribution in [0.1, 0.15) is 117 Å². The van der Waals surface area contributed by atoms with Crippen molar-refractivity contribution in [3.8, 4) is 0 Å². The number of rotatable bonds is 18. The van der Waals surface area contributed by atoms with Crippen molar-refractivity contribution >= 4 is 5.97 Å². The summed E-state index contributed by atoms with van der Waals surface area (Å²) in [6, 6.07) is 0. The first kappa shape index (κ1) is 23.4. The minimum Gasteiger partial charge on any atom is -0.462 e. The Morgan fingerprint density at radius 3 is 1.83 bits per heavy atom. The maximum atomic E-state index is 12.0. The van der Waals surface area contributed by atoms with E-state index in [0.29, 0.717) is 6.42 Å². The molecule has 0 aliphatic heterocycles. The third-order valence-corrected chi connectivity index (χ3v) is 4.60. The SMILES string of the molecule is CCCCCCCCC(CCCCCC)OC(=O)CCCCCO. The highest BCUT2D eigenvalue weighted by atomic mass is 16.5. The Hall–Kier alpha value is -0.570. The van der Waals surface area contributed by atoms with Crippen LogP contribution in [0, 0.1) is 0 Å². The second kappa shape index (κ2) is 18.8. The van der Waals surface area contributed by atoms with Crippen LogP contribution in [0.15, 0.2) is 0 Å². The predicted octanol–water partition coefficient (Wildman–Crippen LogP) is 6.17. The highest BCUT2D eigenvalue weighted by Gasteiger charge is 2.14. The van der Waals surface area contributed by atoms with Gasteiger partial charge >= 0.3 is 5.97 Å². The van der Waals surface area contributed by atoms with E-state index < -0.39 is 0 Å². The minimum absolute atomic E-state index is 0.0422. The summed E-state index contributed by atoms with van der Waals surface area (Å²) in [4.78, 5) is 12.0. The van der Waals surface area contributed by atoms with E-state index in [1.807, 2.05) is 0 Å². The standard InChI is InChI=1S/C21H42O3/c1-3-5-7-9-10-13-17-20(16-12-8-6-4-2)24-21(23)18-14-11-15-19-22/h20,22H,3-19H2,1-2H3. The molecule has 0 saturated heterocycles. The smallest absolute Gasteiger partial charge is 0.306 e. The number of carbonyl (C=O) groups is 1. The van der Waals surface area contributed by atoms with Gasteiger partial charge in [0.1, 0.15) is 6.10 Å². The molecule has 0 aromatic heterocycles. The molecule has 0 aliphatic carbocycles. The van der Waals surface area contributed by atoms with Crippen molar-refractivity contribution in [3.63, 3.8) is 0 Å². The van der Waals surface area contributed by atoms with Crippen LogP contribution in [0.3, 0.4) is 0 Å². The molecule has 0 aliphatic rings. The van der Waals surface area contributed by atoms with E-state index in [2.05, 4.69) is 13.8 Å². The summed E-state index contributed by atoms with van der Waals surface area (Å²) < 4.78 is 5.74. The van der Waals surface area contributed by atoms with E-state index in [9.17, 15) is 4.79 Å². The summed E-state index contributed by atoms with van der Waals surface area (Å²) in [5.74, 6) is -0.0422. The number of esters is 1. The molecule has 1 unspecified atom stereocenters. The van der Waals surface area contributed by atoms with Gasteiger partial charge in [0.25, 0.3) is 0 Å². The van der Waals surface area contributed by atoms with Gasteiger partial charge < -0.3 is 9.84 Å². The van der Waals surface area contributed by atoms with Gasteiger partial charge in [-0.05, 0) is 38.5 Å². The summed E-state index contributed by atoms with van der Waals surface area (Å²) in [5.41, 5.74) is 0. The zero-order valence-corrected chi connectivity index (χ0v) is 16.4. The van der Waals surface area contributed by atoms with Gasteiger partial charge in [-0.1, -0.05) is 71.6 Å². The fourth-order valence-corrected chi connectivity index (χ4v) is 3.02. The van der Waals surface area contributed by atoms with Gasteiger partial charge in [-0.2, -0.15) is 0 Å². The molecule has 0 spiro atoms. The van der Waals surface area contributed by atoms with Gasteiger partial charge in [-0.25, -0.2) is 0 Å². The summed E-state index contributed by atoms with van der Waals surface area (Å²) in [5, 5.41) is 8.78. The molecular formula is C21H42O3. The molecule has 0 fully saturated rings. The molecule has 0 saturated carbocycles. The molecule has 1 atom stereocenters. The lowest BCUT2D eigenvalue weighted by atomic mass is 10.0. The Morgan fingerprint density at radius 2 is 1.25 bits per heavy atom. The molecule has 0 radical (unpaired) electrons. The predicted molar refractivity (Wildman–Crippen MR) is 102 cm³/mol. The fourth-order valence-electron chi connectivity index (χ4n) is 3.02. The third kappa shape index (κ3) is 16.3. The van der Waals surface area contributed by atoms with E-state index in [1.54, 1.807) is 0 Å². The molecule has 0 amide bonds. The van der Waals surface area contributed by atoms with Crippen LogP contribution < -0.4 is 0 Å². The Morgan fingerprint density at radius 1 is 0.750 bits per heavy atom. The average molecular weight is 343 g/mol. The van der Waals surface area contributed by atoms with Gasteiger partial charge in [0.2, 0.25) is 0 Å². The lowest BCUT2D eigenvalue weighted by Crippen LogP contribution is -2.18. The molecule has 0 rings (SSSR count). The van der Waals surface area contributed by atoms with Crippen LogP contribution in [0.25, 0.3) is 0 Å². The highest BCUT2D eigenvalue weighted by molar-refractivity contribution is 5.69. The van der Waals surface area contributed by atoms with Crippen LogP contribution >= 0.6 is 0 Å². The monoisotopic (exact) mass is 342 g/mol. The molecule has 3 nitrogen and oxygen atoms in total. The largest absolute Gasteiger partial charge is 0.462 e. The van der Waals surface area contributed by atoms with E-state index in [0.717, 1.165) is 32.1 Å². The van der Waals surface area contributed by atoms with E-state index in [1.165, 1.54) is 64.2 Å². The Bertz CT molecular complexity index is 266. The lowest BCUT2D eigenvalue weighted by Gasteiger charge is -2.18. The van der Waals surface area contributed by atoms with Crippen LogP contribution in [0.5, 0.6) is 0 Å². The molecule has 144 valence electrons. The Labute approximate surface area is 150 Å². The summed E-state index contributed by atoms with van der Waals surface area (Å²) in [6.07, 6.45) is 17.9. The van der Waals surface area contributed by atoms with E-state index in [-0.39, 0.29) is 18.7 Å². The minimum atomic E-state index is -0.0422. The fraction of sp³-hybridized carbons (Fsp3) is 0.952. The van der Waals surface area contributed by atoms with Crippen LogP contribution in [0.2, 0.25) is 0 Å². The molecule has 0 bridgehead atoms. The maximum Gasteiger partial charge on any atom is 0.306 e. The third-order valence-electron chi connectivity index (χ3n) is 4.60. The maximum absolute atomic E-state index is 12.0. The normalized spacial score (nSPS) is 12.3. The lowest BCUT2D eigenvalue weighted by molar-refractivity contribution is -0.150. The zero-order chi connectivity index (χ0) is 17.9. The van der Waals surface area contributed by atoms with Gasteiger partial charge in [0.05, 0.1) is 0 Å². The first-order valence-electron chi connectivity index (χ1n) is 10.5. The van der Waals surface area contributed by atoms with Crippen molar-refractivity contribution in [2.24, 2.45) is 0 Å². The number of aliphatic hydroxyl groups is 1. The van der Waals surface area contributed by atoms with Crippen LogP contribution in [-0.4, -0.2) is 23.8 Å². The second-order valence-corrected chi connectivity index (χ2v) is 7.05. The van der Waals surface area contributed by atoms with Crippen molar-refractivity contribution in [2.45, 2.75) is 123 Å². The Balaban J connectivity index is 3.95. The summed E-state index contributed by atoms with van der Waals surface area (Å²) in [6.45, 7) is 4.68. The van der Waals surface area contributed by atoms with E-state index >= 15 is 0 Å². The molecular weight excluding hydrogens is 300 g/mol. The molecule has 0 aromatic rings. The zero-order valence-electron chi connectivity index (χ0n) is 16.4. The number of carbonyl (C=O) groups excluding carboxylic acids is 1. The molecule has 0 heterocycles. The van der Waals surface area contributed by atoms with Gasteiger partial charge in [0.15, 0.2) is 0 Å². The molecule has 24 heavy (non-hydrogen) atoms. The van der Waals surface area contributed by atoms with Crippen molar-refractivity contribution in [1.82, 2.24) is 0 Å². The van der Waals surface area contributed by atoms with Gasteiger partial charge in [-0.15, -0.1) is 0 Å². The van der Waals surface area contributed by atoms with Crippen molar-refractivity contribution in [2.75, 3.05) is 6.61 Å². The van der Waals surface area contributed by atoms with Crippen molar-refractivity contribution < 1.29 is 14.6 Å². The molecule has 1 N–H and O–H groups in total. The first-order valence-corrected chi connectivity index (χ1v) is 10.5. The Kier molecular flexibility index (Phi) is 18.3. The molecule has 3 heteroatoms. The summed E-state index contributed by atoms with van der Waals surface area (Å²) in [7, 11) is 0. The van der Waals surface area contributed by atoms with Crippen LogP contribution in [-0.2, 0) is 9.53 Å². The average Bonchev–Trinajstić information content (AvgIpc) is 2.58. The van der Waals surface area contributed by atoms with E-state index in [4.69, 9.17) is 9.84 Å². The number of unbranched alkanes of at least 4 members (excludes halogenated alkanes) is 10. The first-order chi connectivity index (χ1) is 11.7. The number of aliphatic hydroxyl groups excluding tert-OH is 1. The number of ether oxygens (including phenoxy) is 1. The van der Waals surface area contributed by atoms with Crippen molar-refractivity contribution in [3.05, 3.63) is 0 Å². The number of hydrogen-bond acceptors (Lipinski definition) is 3. The highest BCUT2D eigenvalue weighted by Crippen LogP contribution is 2.17. The molecule has 0 aromatic carbocycles. The van der Waals surface area contributed by atoms with Crippen molar-refractivity contribution in [1.29, 1.82) is 0 Å². The van der Waals surface area contributed by atoms with Crippen LogP contribution in [0.4, 0.5) is 0 Å². The second-order valence-electron chi connectivity index (χ2n) is 7.05.